The highest BCUT2D eigenvalue weighted by Gasteiger charge is 2.14. The van der Waals surface area contributed by atoms with Crippen molar-refractivity contribution in [2.24, 2.45) is 0 Å². The molecule has 0 amide bonds. The Morgan fingerprint density at radius 3 is 2.71 bits per heavy atom. The average molecular weight is 340 g/mol. The van der Waals surface area contributed by atoms with Gasteiger partial charge in [-0.05, 0) is 29.8 Å². The Balaban J connectivity index is 1.93. The van der Waals surface area contributed by atoms with Gasteiger partial charge in [0.15, 0.2) is 5.78 Å². The Hall–Kier alpha value is -2.13. The number of para-hydroxylation sites is 1. The maximum absolute atomic E-state index is 12.4. The summed E-state index contributed by atoms with van der Waals surface area (Å²) in [5.74, 6) is 0.00202. The van der Waals surface area contributed by atoms with Gasteiger partial charge in [0.2, 0.25) is 0 Å². The van der Waals surface area contributed by atoms with Gasteiger partial charge in [-0.3, -0.25) is 4.79 Å². The lowest BCUT2D eigenvalue weighted by molar-refractivity contribution is 0.104. The number of hydrogen-bond acceptors (Lipinski definition) is 2. The lowest BCUT2D eigenvalue weighted by Gasteiger charge is -2.26. The Kier molecular flexibility index (Phi) is 3.76. The van der Waals surface area contributed by atoms with Crippen LogP contribution in [0.2, 0.25) is 0 Å². The largest absolute Gasteiger partial charge is 0.344 e. The van der Waals surface area contributed by atoms with Crippen molar-refractivity contribution in [2.75, 3.05) is 11.9 Å². The minimum atomic E-state index is 0.00202. The second-order valence-corrected chi connectivity index (χ2v) is 5.81. The van der Waals surface area contributed by atoms with E-state index in [9.17, 15) is 4.79 Å². The molecule has 104 valence electrons. The predicted octanol–water partition coefficient (Wildman–Crippen LogP) is 4.68. The third kappa shape index (κ3) is 2.83. The lowest BCUT2D eigenvalue weighted by atomic mass is 10.0. The Bertz CT molecular complexity index is 761. The minimum Gasteiger partial charge on any atom is -0.344 e. The molecule has 0 fully saturated rings. The number of anilines is 1. The van der Waals surface area contributed by atoms with Crippen LogP contribution in [0.25, 0.3) is 6.08 Å². The van der Waals surface area contributed by atoms with Gasteiger partial charge in [-0.15, -0.1) is 0 Å². The summed E-state index contributed by atoms with van der Waals surface area (Å²) < 4.78 is 0.907. The topological polar surface area (TPSA) is 20.3 Å². The summed E-state index contributed by atoms with van der Waals surface area (Å²) in [6.07, 6.45) is 5.68. The number of hydrogen-bond donors (Lipinski definition) is 0. The lowest BCUT2D eigenvalue weighted by Crippen LogP contribution is -2.19. The summed E-state index contributed by atoms with van der Waals surface area (Å²) in [6, 6.07) is 15.6. The second-order valence-electron chi connectivity index (χ2n) is 4.89. The standard InChI is InChI=1S/C18H14BrNO/c1-20-16(10-9-13-5-2-3-8-17(13)20)12-18(21)14-6-4-7-15(19)11-14/h2-12H,1H3/b16-12+. The molecule has 1 aliphatic heterocycles. The van der Waals surface area contributed by atoms with Gasteiger partial charge >= 0.3 is 0 Å². The van der Waals surface area contributed by atoms with Crippen molar-refractivity contribution in [3.8, 4) is 0 Å². The van der Waals surface area contributed by atoms with Gasteiger partial charge < -0.3 is 4.90 Å². The summed E-state index contributed by atoms with van der Waals surface area (Å²) in [6.45, 7) is 0. The molecule has 2 aromatic carbocycles. The van der Waals surface area contributed by atoms with E-state index in [-0.39, 0.29) is 5.78 Å². The van der Waals surface area contributed by atoms with Crippen molar-refractivity contribution in [1.29, 1.82) is 0 Å². The summed E-state index contributed by atoms with van der Waals surface area (Å²) in [7, 11) is 1.97. The fraction of sp³-hybridized carbons (Fsp3) is 0.0556. The van der Waals surface area contributed by atoms with Crippen LogP contribution >= 0.6 is 15.9 Å². The van der Waals surface area contributed by atoms with Gasteiger partial charge in [0, 0.05) is 34.5 Å². The summed E-state index contributed by atoms with van der Waals surface area (Å²) in [5.41, 5.74) is 3.83. The highest BCUT2D eigenvalue weighted by molar-refractivity contribution is 9.10. The fourth-order valence-corrected chi connectivity index (χ4v) is 2.76. The number of carbonyl (C=O) groups is 1. The van der Waals surface area contributed by atoms with E-state index in [1.807, 2.05) is 60.5 Å². The number of allylic oxidation sites excluding steroid dienone is 2. The molecule has 21 heavy (non-hydrogen) atoms. The summed E-state index contributed by atoms with van der Waals surface area (Å²) in [5, 5.41) is 0. The fourth-order valence-electron chi connectivity index (χ4n) is 2.36. The highest BCUT2D eigenvalue weighted by Crippen LogP contribution is 2.29. The van der Waals surface area contributed by atoms with Crippen LogP contribution in [0.5, 0.6) is 0 Å². The van der Waals surface area contributed by atoms with Gasteiger partial charge in [-0.2, -0.15) is 0 Å². The molecule has 2 nitrogen and oxygen atoms in total. The van der Waals surface area contributed by atoms with Crippen LogP contribution in [0.4, 0.5) is 5.69 Å². The van der Waals surface area contributed by atoms with Gasteiger partial charge in [0.05, 0.1) is 0 Å². The van der Waals surface area contributed by atoms with E-state index in [0.717, 1.165) is 21.4 Å². The third-order valence-electron chi connectivity index (χ3n) is 3.51. The van der Waals surface area contributed by atoms with Crippen LogP contribution in [-0.4, -0.2) is 12.8 Å². The molecule has 0 aliphatic carbocycles. The van der Waals surface area contributed by atoms with E-state index < -0.39 is 0 Å². The quantitative estimate of drug-likeness (QED) is 0.584. The van der Waals surface area contributed by atoms with E-state index in [4.69, 9.17) is 0 Å². The monoisotopic (exact) mass is 339 g/mol. The number of ketones is 1. The Labute approximate surface area is 132 Å². The van der Waals surface area contributed by atoms with Crippen LogP contribution < -0.4 is 4.90 Å². The van der Waals surface area contributed by atoms with Crippen molar-refractivity contribution < 1.29 is 4.79 Å². The number of fused-ring (bicyclic) bond motifs is 1. The van der Waals surface area contributed by atoms with E-state index in [1.54, 1.807) is 6.08 Å². The van der Waals surface area contributed by atoms with E-state index >= 15 is 0 Å². The Morgan fingerprint density at radius 1 is 1.10 bits per heavy atom. The first kappa shape index (κ1) is 13.8. The van der Waals surface area contributed by atoms with Crippen LogP contribution in [0.3, 0.4) is 0 Å². The van der Waals surface area contributed by atoms with Crippen LogP contribution in [0.15, 0.2) is 70.9 Å². The van der Waals surface area contributed by atoms with E-state index in [0.29, 0.717) is 5.56 Å². The maximum atomic E-state index is 12.4. The van der Waals surface area contributed by atoms with Crippen LogP contribution in [-0.2, 0) is 0 Å². The molecule has 1 heterocycles. The van der Waals surface area contributed by atoms with Crippen molar-refractivity contribution in [2.45, 2.75) is 0 Å². The molecule has 2 aromatic rings. The molecule has 0 saturated carbocycles. The van der Waals surface area contributed by atoms with E-state index in [2.05, 4.69) is 28.1 Å². The van der Waals surface area contributed by atoms with Crippen LogP contribution in [0, 0.1) is 0 Å². The number of likely N-dealkylation sites (N-methyl/N-ethyl adjacent to an activating group) is 1. The predicted molar refractivity (Wildman–Crippen MR) is 90.4 cm³/mol. The van der Waals surface area contributed by atoms with Gasteiger partial charge in [-0.25, -0.2) is 0 Å². The molecule has 0 atom stereocenters. The summed E-state index contributed by atoms with van der Waals surface area (Å²) >= 11 is 3.39. The zero-order valence-corrected chi connectivity index (χ0v) is 13.2. The summed E-state index contributed by atoms with van der Waals surface area (Å²) in [4.78, 5) is 14.4. The van der Waals surface area contributed by atoms with Gasteiger partial charge in [-0.1, -0.05) is 52.3 Å². The molecule has 0 radical (unpaired) electrons. The average Bonchev–Trinajstić information content (AvgIpc) is 2.50. The Morgan fingerprint density at radius 2 is 1.90 bits per heavy atom. The first-order valence-electron chi connectivity index (χ1n) is 6.67. The minimum absolute atomic E-state index is 0.00202. The molecule has 0 N–H and O–H groups in total. The molecule has 3 rings (SSSR count). The first-order valence-corrected chi connectivity index (χ1v) is 7.47. The van der Waals surface area contributed by atoms with Crippen molar-refractivity contribution >= 4 is 33.5 Å². The molecule has 0 bridgehead atoms. The molecule has 0 spiro atoms. The second kappa shape index (κ2) is 5.70. The number of benzene rings is 2. The maximum Gasteiger partial charge on any atom is 0.187 e. The number of nitrogens with zero attached hydrogens (tertiary/aromatic N) is 1. The van der Waals surface area contributed by atoms with Crippen LogP contribution in [0.1, 0.15) is 15.9 Å². The molecular formula is C18H14BrNO. The zero-order valence-electron chi connectivity index (χ0n) is 11.6. The zero-order chi connectivity index (χ0) is 14.8. The number of carbonyl (C=O) groups excluding carboxylic acids is 1. The molecule has 0 unspecified atom stereocenters. The first-order chi connectivity index (χ1) is 10.1. The molecular weight excluding hydrogens is 326 g/mol. The molecule has 0 saturated heterocycles. The number of halogens is 1. The number of rotatable bonds is 2. The molecule has 3 heteroatoms. The van der Waals surface area contributed by atoms with Gasteiger partial charge in [0.25, 0.3) is 0 Å². The molecule has 1 aliphatic rings. The van der Waals surface area contributed by atoms with Crippen molar-refractivity contribution in [3.05, 3.63) is 82.0 Å². The van der Waals surface area contributed by atoms with Crippen molar-refractivity contribution in [3.63, 3.8) is 0 Å². The van der Waals surface area contributed by atoms with Crippen molar-refractivity contribution in [1.82, 2.24) is 0 Å². The normalized spacial score (nSPS) is 15.1. The SMILES string of the molecule is CN1/C(=C/C(=O)c2cccc(Br)c2)C=Cc2ccccc21. The highest BCUT2D eigenvalue weighted by atomic mass is 79.9. The molecule has 0 aromatic heterocycles. The smallest absolute Gasteiger partial charge is 0.187 e. The van der Waals surface area contributed by atoms with E-state index in [1.165, 1.54) is 0 Å². The third-order valence-corrected chi connectivity index (χ3v) is 4.00. The van der Waals surface area contributed by atoms with Gasteiger partial charge in [0.1, 0.15) is 0 Å².